The van der Waals surface area contributed by atoms with Crippen LogP contribution in [0, 0.1) is 0 Å². The van der Waals surface area contributed by atoms with Crippen molar-refractivity contribution in [2.45, 2.75) is 44.7 Å². The van der Waals surface area contributed by atoms with E-state index in [1.807, 2.05) is 0 Å². The molecule has 2 rings (SSSR count). The molecule has 1 unspecified atom stereocenters. The highest BCUT2D eigenvalue weighted by Gasteiger charge is 2.30. The largest absolute Gasteiger partial charge is 0.302 e. The van der Waals surface area contributed by atoms with Crippen LogP contribution >= 0.6 is 0 Å². The van der Waals surface area contributed by atoms with Crippen molar-refractivity contribution in [2.75, 3.05) is 38.2 Å². The van der Waals surface area contributed by atoms with Crippen molar-refractivity contribution in [3.05, 3.63) is 0 Å². The van der Waals surface area contributed by atoms with Crippen LogP contribution in [0.1, 0.15) is 32.6 Å². The molecular formula is C13H26N2O2S. The van der Waals surface area contributed by atoms with Gasteiger partial charge in [0.25, 0.3) is 0 Å². The minimum atomic E-state index is -2.73. The number of likely N-dealkylation sites (tertiary alicyclic amines) is 1. The van der Waals surface area contributed by atoms with Crippen LogP contribution in [0.4, 0.5) is 0 Å². The Labute approximate surface area is 111 Å². The molecule has 2 heterocycles. The van der Waals surface area contributed by atoms with Gasteiger partial charge in [-0.15, -0.1) is 0 Å². The number of rotatable bonds is 4. The van der Waals surface area contributed by atoms with E-state index in [0.29, 0.717) is 23.6 Å². The van der Waals surface area contributed by atoms with E-state index >= 15 is 0 Å². The van der Waals surface area contributed by atoms with Gasteiger partial charge in [0.05, 0.1) is 11.5 Å². The first-order valence-electron chi connectivity index (χ1n) is 7.16. The van der Waals surface area contributed by atoms with Gasteiger partial charge in [-0.25, -0.2) is 8.42 Å². The van der Waals surface area contributed by atoms with Crippen LogP contribution in [-0.4, -0.2) is 68.5 Å². The fourth-order valence-corrected chi connectivity index (χ4v) is 4.78. The fourth-order valence-electron chi connectivity index (χ4n) is 3.32. The molecule has 2 saturated heterocycles. The van der Waals surface area contributed by atoms with Gasteiger partial charge in [-0.1, -0.05) is 6.92 Å². The maximum absolute atomic E-state index is 11.4. The van der Waals surface area contributed by atoms with Gasteiger partial charge in [0.15, 0.2) is 0 Å². The lowest BCUT2D eigenvalue weighted by atomic mass is 10.1. The minimum Gasteiger partial charge on any atom is -0.302 e. The standard InChI is InChI=1S/C13H26N2O2S/c1-3-15-8-4-5-13(15)11-14(2)12-6-9-18(16,17)10-7-12/h12-13H,3-11H2,1-2H3. The van der Waals surface area contributed by atoms with Gasteiger partial charge >= 0.3 is 0 Å². The van der Waals surface area contributed by atoms with Crippen molar-refractivity contribution < 1.29 is 8.42 Å². The molecule has 0 radical (unpaired) electrons. The Hall–Kier alpha value is -0.130. The van der Waals surface area contributed by atoms with Crippen LogP contribution in [0.3, 0.4) is 0 Å². The summed E-state index contributed by atoms with van der Waals surface area (Å²) in [6.07, 6.45) is 4.24. The highest BCUT2D eigenvalue weighted by atomic mass is 32.2. The molecule has 18 heavy (non-hydrogen) atoms. The monoisotopic (exact) mass is 274 g/mol. The number of sulfone groups is 1. The summed E-state index contributed by atoms with van der Waals surface area (Å²) in [5.41, 5.74) is 0. The summed E-state index contributed by atoms with van der Waals surface area (Å²) in [5, 5.41) is 0. The van der Waals surface area contributed by atoms with Gasteiger partial charge in [-0.05, 0) is 45.8 Å². The molecule has 2 aliphatic heterocycles. The molecule has 0 bridgehead atoms. The van der Waals surface area contributed by atoms with Crippen LogP contribution < -0.4 is 0 Å². The quantitative estimate of drug-likeness (QED) is 0.766. The predicted octanol–water partition coefficient (Wildman–Crippen LogP) is 0.980. The van der Waals surface area contributed by atoms with E-state index in [2.05, 4.69) is 23.8 Å². The van der Waals surface area contributed by atoms with Crippen molar-refractivity contribution >= 4 is 9.84 Å². The van der Waals surface area contributed by atoms with Gasteiger partial charge in [-0.2, -0.15) is 0 Å². The van der Waals surface area contributed by atoms with E-state index in [0.717, 1.165) is 25.9 Å². The Morgan fingerprint density at radius 2 is 1.89 bits per heavy atom. The average molecular weight is 274 g/mol. The lowest BCUT2D eigenvalue weighted by Gasteiger charge is -2.35. The van der Waals surface area contributed by atoms with E-state index in [9.17, 15) is 8.42 Å². The topological polar surface area (TPSA) is 40.6 Å². The van der Waals surface area contributed by atoms with Gasteiger partial charge < -0.3 is 4.90 Å². The Bertz CT molecular complexity index is 355. The predicted molar refractivity (Wildman–Crippen MR) is 74.6 cm³/mol. The molecule has 0 aromatic heterocycles. The maximum atomic E-state index is 11.4. The van der Waals surface area contributed by atoms with Gasteiger partial charge in [-0.3, -0.25) is 4.90 Å². The summed E-state index contributed by atoms with van der Waals surface area (Å²) < 4.78 is 22.9. The summed E-state index contributed by atoms with van der Waals surface area (Å²) in [4.78, 5) is 4.95. The highest BCUT2D eigenvalue weighted by Crippen LogP contribution is 2.21. The van der Waals surface area contributed by atoms with Gasteiger partial charge in [0.2, 0.25) is 0 Å². The van der Waals surface area contributed by atoms with E-state index in [-0.39, 0.29) is 0 Å². The molecule has 1 atom stereocenters. The Morgan fingerprint density at radius 1 is 1.22 bits per heavy atom. The van der Waals surface area contributed by atoms with Crippen molar-refractivity contribution in [3.8, 4) is 0 Å². The third kappa shape index (κ3) is 3.45. The van der Waals surface area contributed by atoms with E-state index < -0.39 is 9.84 Å². The number of likely N-dealkylation sites (N-methyl/N-ethyl adjacent to an activating group) is 2. The lowest BCUT2D eigenvalue weighted by Crippen LogP contribution is -2.45. The van der Waals surface area contributed by atoms with Gasteiger partial charge in [0.1, 0.15) is 9.84 Å². The van der Waals surface area contributed by atoms with Crippen LogP contribution in [0.2, 0.25) is 0 Å². The van der Waals surface area contributed by atoms with E-state index in [4.69, 9.17) is 0 Å². The zero-order chi connectivity index (χ0) is 13.2. The van der Waals surface area contributed by atoms with Crippen molar-refractivity contribution in [1.82, 2.24) is 9.80 Å². The second-order valence-corrected chi connectivity index (χ2v) is 8.05. The van der Waals surface area contributed by atoms with Crippen LogP contribution in [0.25, 0.3) is 0 Å². The molecule has 0 aromatic rings. The van der Waals surface area contributed by atoms with E-state index in [1.54, 1.807) is 0 Å². The molecule has 2 aliphatic rings. The molecular weight excluding hydrogens is 248 g/mol. The first-order chi connectivity index (χ1) is 8.52. The van der Waals surface area contributed by atoms with Crippen molar-refractivity contribution in [1.29, 1.82) is 0 Å². The zero-order valence-corrected chi connectivity index (χ0v) is 12.5. The Kier molecular flexibility index (Phi) is 4.67. The smallest absolute Gasteiger partial charge is 0.150 e. The molecule has 0 spiro atoms. The SMILES string of the molecule is CCN1CCCC1CN(C)C1CCS(=O)(=O)CC1. The Balaban J connectivity index is 1.83. The first-order valence-corrected chi connectivity index (χ1v) is 8.98. The van der Waals surface area contributed by atoms with Gasteiger partial charge in [0, 0.05) is 18.6 Å². The summed E-state index contributed by atoms with van der Waals surface area (Å²) in [7, 11) is -0.567. The van der Waals surface area contributed by atoms with Crippen molar-refractivity contribution in [3.63, 3.8) is 0 Å². The lowest BCUT2D eigenvalue weighted by molar-refractivity contribution is 0.156. The summed E-state index contributed by atoms with van der Waals surface area (Å²) >= 11 is 0. The van der Waals surface area contributed by atoms with Crippen LogP contribution in [-0.2, 0) is 9.84 Å². The van der Waals surface area contributed by atoms with Crippen LogP contribution in [0.15, 0.2) is 0 Å². The van der Waals surface area contributed by atoms with E-state index in [1.165, 1.54) is 19.4 Å². The molecule has 0 aromatic carbocycles. The fraction of sp³-hybridized carbons (Fsp3) is 1.00. The zero-order valence-electron chi connectivity index (χ0n) is 11.6. The second kappa shape index (κ2) is 5.88. The highest BCUT2D eigenvalue weighted by molar-refractivity contribution is 7.91. The molecule has 0 N–H and O–H groups in total. The van der Waals surface area contributed by atoms with Crippen molar-refractivity contribution in [2.24, 2.45) is 0 Å². The first kappa shape index (κ1) is 14.3. The molecule has 0 saturated carbocycles. The maximum Gasteiger partial charge on any atom is 0.150 e. The number of hydrogen-bond donors (Lipinski definition) is 0. The molecule has 0 amide bonds. The molecule has 106 valence electrons. The summed E-state index contributed by atoms with van der Waals surface area (Å²) in [6.45, 7) is 5.69. The average Bonchev–Trinajstić information content (AvgIpc) is 2.76. The number of hydrogen-bond acceptors (Lipinski definition) is 4. The third-order valence-electron chi connectivity index (χ3n) is 4.55. The minimum absolute atomic E-state index is 0.379. The second-order valence-electron chi connectivity index (χ2n) is 5.75. The third-order valence-corrected chi connectivity index (χ3v) is 6.27. The number of nitrogens with zero attached hydrogens (tertiary/aromatic N) is 2. The molecule has 4 nitrogen and oxygen atoms in total. The molecule has 2 fully saturated rings. The Morgan fingerprint density at radius 3 is 2.50 bits per heavy atom. The molecule has 5 heteroatoms. The molecule has 0 aliphatic carbocycles. The normalized spacial score (nSPS) is 30.1. The summed E-state index contributed by atoms with van der Waals surface area (Å²) in [6, 6.07) is 1.14. The summed E-state index contributed by atoms with van der Waals surface area (Å²) in [5.74, 6) is 0.758. The van der Waals surface area contributed by atoms with Crippen LogP contribution in [0.5, 0.6) is 0 Å².